The number of aromatic nitrogens is 1. The molecule has 0 aliphatic heterocycles. The van der Waals surface area contributed by atoms with Crippen LogP contribution in [-0.2, 0) is 11.2 Å². The van der Waals surface area contributed by atoms with Gasteiger partial charge in [-0.2, -0.15) is 0 Å². The number of rotatable bonds is 5. The second-order valence-electron chi connectivity index (χ2n) is 5.64. The lowest BCUT2D eigenvalue weighted by Crippen LogP contribution is -2.44. The smallest absolute Gasteiger partial charge is 0.288 e. The molecule has 3 rings (SSSR count). The number of hydrazine groups is 1. The molecule has 0 unspecified atom stereocenters. The number of aryl methyl sites for hydroxylation is 1. The molecule has 0 radical (unpaired) electrons. The number of nitrogens with one attached hydrogen (secondary N) is 2. The van der Waals surface area contributed by atoms with Crippen molar-refractivity contribution < 1.29 is 14.3 Å². The van der Waals surface area contributed by atoms with Crippen molar-refractivity contribution >= 4 is 22.7 Å². The molecule has 0 atom stereocenters. The SMILES string of the molecule is CCc1ccccc1OCC(=O)NNC(=O)c1ccc2ccccc2n1. The second kappa shape index (κ2) is 8.11. The summed E-state index contributed by atoms with van der Waals surface area (Å²) in [5, 5.41) is 0.941. The Morgan fingerprint density at radius 3 is 2.58 bits per heavy atom. The largest absolute Gasteiger partial charge is 0.483 e. The van der Waals surface area contributed by atoms with Crippen molar-refractivity contribution in [1.82, 2.24) is 15.8 Å². The van der Waals surface area contributed by atoms with E-state index >= 15 is 0 Å². The highest BCUT2D eigenvalue weighted by atomic mass is 16.5. The standard InChI is InChI=1S/C20H19N3O3/c1-2-14-7-4-6-10-18(14)26-13-19(24)22-23-20(25)17-12-11-15-8-3-5-9-16(15)21-17/h3-12H,2,13H2,1H3,(H,22,24)(H,23,25). The van der Waals surface area contributed by atoms with E-state index in [1.54, 1.807) is 6.07 Å². The van der Waals surface area contributed by atoms with E-state index in [4.69, 9.17) is 4.74 Å². The highest BCUT2D eigenvalue weighted by molar-refractivity contribution is 5.95. The van der Waals surface area contributed by atoms with Gasteiger partial charge in [-0.15, -0.1) is 0 Å². The van der Waals surface area contributed by atoms with Crippen molar-refractivity contribution in [3.8, 4) is 5.75 Å². The molecule has 0 aliphatic carbocycles. The molecule has 0 aliphatic rings. The van der Waals surface area contributed by atoms with Crippen LogP contribution in [0.3, 0.4) is 0 Å². The number of para-hydroxylation sites is 2. The van der Waals surface area contributed by atoms with E-state index in [9.17, 15) is 9.59 Å². The Bertz CT molecular complexity index is 940. The van der Waals surface area contributed by atoms with E-state index < -0.39 is 11.8 Å². The molecular weight excluding hydrogens is 330 g/mol. The maximum absolute atomic E-state index is 12.1. The Kier molecular flexibility index (Phi) is 5.43. The summed E-state index contributed by atoms with van der Waals surface area (Å²) in [5.74, 6) is -0.282. The average molecular weight is 349 g/mol. The Balaban J connectivity index is 1.54. The zero-order chi connectivity index (χ0) is 18.4. The normalized spacial score (nSPS) is 10.3. The van der Waals surface area contributed by atoms with Crippen LogP contribution in [-0.4, -0.2) is 23.4 Å². The Labute approximate surface area is 151 Å². The number of pyridine rings is 1. The predicted molar refractivity (Wildman–Crippen MR) is 98.7 cm³/mol. The highest BCUT2D eigenvalue weighted by Gasteiger charge is 2.10. The number of fused-ring (bicyclic) bond motifs is 1. The van der Waals surface area contributed by atoms with Gasteiger partial charge in [-0.1, -0.05) is 49.4 Å². The fourth-order valence-electron chi connectivity index (χ4n) is 2.50. The van der Waals surface area contributed by atoms with Crippen LogP contribution in [0.1, 0.15) is 23.0 Å². The molecule has 0 saturated carbocycles. The number of carbonyl (C=O) groups is 2. The monoisotopic (exact) mass is 349 g/mol. The van der Waals surface area contributed by atoms with Crippen molar-refractivity contribution in [1.29, 1.82) is 0 Å². The van der Waals surface area contributed by atoms with Crippen molar-refractivity contribution in [3.05, 3.63) is 71.9 Å². The van der Waals surface area contributed by atoms with E-state index in [-0.39, 0.29) is 12.3 Å². The molecule has 2 aromatic carbocycles. The topological polar surface area (TPSA) is 80.3 Å². The van der Waals surface area contributed by atoms with Crippen LogP contribution in [0.4, 0.5) is 0 Å². The Morgan fingerprint density at radius 1 is 0.962 bits per heavy atom. The first kappa shape index (κ1) is 17.4. The van der Waals surface area contributed by atoms with E-state index in [1.165, 1.54) is 0 Å². The number of carbonyl (C=O) groups excluding carboxylic acids is 2. The molecule has 2 N–H and O–H groups in total. The first-order valence-corrected chi connectivity index (χ1v) is 8.33. The number of ether oxygens (including phenoxy) is 1. The number of hydrogen-bond donors (Lipinski definition) is 2. The molecule has 6 nitrogen and oxygen atoms in total. The van der Waals surface area contributed by atoms with Gasteiger partial charge in [0.2, 0.25) is 0 Å². The Morgan fingerprint density at radius 2 is 1.73 bits per heavy atom. The summed E-state index contributed by atoms with van der Waals surface area (Å²) < 4.78 is 5.51. The fourth-order valence-corrected chi connectivity index (χ4v) is 2.50. The summed E-state index contributed by atoms with van der Waals surface area (Å²) in [5.41, 5.74) is 6.64. The average Bonchev–Trinajstić information content (AvgIpc) is 2.70. The molecule has 2 amide bonds. The highest BCUT2D eigenvalue weighted by Crippen LogP contribution is 2.17. The van der Waals surface area contributed by atoms with Gasteiger partial charge in [0, 0.05) is 5.39 Å². The molecule has 3 aromatic rings. The van der Waals surface area contributed by atoms with E-state index in [2.05, 4.69) is 15.8 Å². The summed E-state index contributed by atoms with van der Waals surface area (Å²) in [6.07, 6.45) is 0.808. The number of nitrogens with zero attached hydrogens (tertiary/aromatic N) is 1. The van der Waals surface area contributed by atoms with Gasteiger partial charge in [-0.25, -0.2) is 4.98 Å². The van der Waals surface area contributed by atoms with E-state index in [1.807, 2.05) is 61.5 Å². The van der Waals surface area contributed by atoms with Crippen LogP contribution >= 0.6 is 0 Å². The molecule has 1 aromatic heterocycles. The quantitative estimate of drug-likeness (QED) is 0.694. The number of amides is 2. The molecule has 1 heterocycles. The lowest BCUT2D eigenvalue weighted by molar-refractivity contribution is -0.123. The van der Waals surface area contributed by atoms with E-state index in [0.29, 0.717) is 11.3 Å². The Hall–Kier alpha value is -3.41. The van der Waals surface area contributed by atoms with Gasteiger partial charge in [0.05, 0.1) is 5.52 Å². The number of hydrogen-bond acceptors (Lipinski definition) is 4. The molecule has 0 fully saturated rings. The summed E-state index contributed by atoms with van der Waals surface area (Å²) in [4.78, 5) is 28.3. The number of benzene rings is 2. The van der Waals surface area contributed by atoms with Gasteiger partial charge in [0.1, 0.15) is 11.4 Å². The molecule has 26 heavy (non-hydrogen) atoms. The summed E-state index contributed by atoms with van der Waals surface area (Å²) >= 11 is 0. The van der Waals surface area contributed by atoms with Crippen LogP contribution in [0.25, 0.3) is 10.9 Å². The molecular formula is C20H19N3O3. The van der Waals surface area contributed by atoms with Crippen molar-refractivity contribution in [2.45, 2.75) is 13.3 Å². The molecule has 0 spiro atoms. The van der Waals surface area contributed by atoms with Crippen molar-refractivity contribution in [2.24, 2.45) is 0 Å². The summed E-state index contributed by atoms with van der Waals surface area (Å²) in [6, 6.07) is 18.4. The summed E-state index contributed by atoms with van der Waals surface area (Å²) in [6.45, 7) is 1.82. The van der Waals surface area contributed by atoms with Gasteiger partial charge in [-0.3, -0.25) is 20.4 Å². The van der Waals surface area contributed by atoms with Gasteiger partial charge in [0.15, 0.2) is 6.61 Å². The molecule has 132 valence electrons. The van der Waals surface area contributed by atoms with Crippen LogP contribution in [0.5, 0.6) is 5.75 Å². The minimum absolute atomic E-state index is 0.192. The fraction of sp³-hybridized carbons (Fsp3) is 0.150. The first-order valence-electron chi connectivity index (χ1n) is 8.33. The van der Waals surface area contributed by atoms with Crippen LogP contribution < -0.4 is 15.6 Å². The van der Waals surface area contributed by atoms with Crippen molar-refractivity contribution in [2.75, 3.05) is 6.61 Å². The molecule has 0 saturated heterocycles. The van der Waals surface area contributed by atoms with Gasteiger partial charge >= 0.3 is 0 Å². The van der Waals surface area contributed by atoms with Gasteiger partial charge in [0.25, 0.3) is 11.8 Å². The predicted octanol–water partition coefficient (Wildman–Crippen LogP) is 2.64. The van der Waals surface area contributed by atoms with Crippen LogP contribution in [0.15, 0.2) is 60.7 Å². The van der Waals surface area contributed by atoms with Crippen molar-refractivity contribution in [3.63, 3.8) is 0 Å². The molecule has 6 heteroatoms. The third kappa shape index (κ3) is 4.16. The maximum atomic E-state index is 12.1. The lowest BCUT2D eigenvalue weighted by Gasteiger charge is -2.11. The zero-order valence-electron chi connectivity index (χ0n) is 14.4. The van der Waals surface area contributed by atoms with Crippen LogP contribution in [0.2, 0.25) is 0 Å². The van der Waals surface area contributed by atoms with Gasteiger partial charge in [-0.05, 0) is 30.2 Å². The third-order valence-corrected chi connectivity index (χ3v) is 3.86. The third-order valence-electron chi connectivity index (χ3n) is 3.86. The van der Waals surface area contributed by atoms with Crippen LogP contribution in [0, 0.1) is 0 Å². The second-order valence-corrected chi connectivity index (χ2v) is 5.64. The van der Waals surface area contributed by atoms with E-state index in [0.717, 1.165) is 17.4 Å². The lowest BCUT2D eigenvalue weighted by atomic mass is 10.1. The molecule has 0 bridgehead atoms. The van der Waals surface area contributed by atoms with Gasteiger partial charge < -0.3 is 4.74 Å². The minimum atomic E-state index is -0.488. The zero-order valence-corrected chi connectivity index (χ0v) is 14.4. The first-order chi connectivity index (χ1) is 12.7. The minimum Gasteiger partial charge on any atom is -0.483 e. The summed E-state index contributed by atoms with van der Waals surface area (Å²) in [7, 11) is 0. The maximum Gasteiger partial charge on any atom is 0.288 e.